The van der Waals surface area contributed by atoms with Crippen LogP contribution in [0.2, 0.25) is 5.02 Å². The second-order valence-electron chi connectivity index (χ2n) is 5.62. The second kappa shape index (κ2) is 7.19. The first kappa shape index (κ1) is 17.2. The van der Waals surface area contributed by atoms with Crippen LogP contribution in [0.25, 0.3) is 20.8 Å². The van der Waals surface area contributed by atoms with E-state index >= 15 is 0 Å². The van der Waals surface area contributed by atoms with Crippen molar-refractivity contribution in [3.8, 4) is 10.6 Å². The predicted octanol–water partition coefficient (Wildman–Crippen LogP) is 6.63. The van der Waals surface area contributed by atoms with Gasteiger partial charge in [-0.05, 0) is 58.4 Å². The van der Waals surface area contributed by atoms with Crippen molar-refractivity contribution in [2.24, 2.45) is 0 Å². The Bertz CT molecular complexity index is 1090. The number of anilines is 1. The summed E-state index contributed by atoms with van der Waals surface area (Å²) in [6.07, 6.45) is 0. The molecular weight excluding hydrogens is 432 g/mol. The number of amides is 1. The van der Waals surface area contributed by atoms with E-state index in [1.807, 2.05) is 48.5 Å². The molecule has 4 aromatic rings. The van der Waals surface area contributed by atoms with Crippen molar-refractivity contribution in [2.45, 2.75) is 0 Å². The van der Waals surface area contributed by atoms with Gasteiger partial charge in [0.25, 0.3) is 5.91 Å². The first-order valence-electron chi connectivity index (χ1n) is 7.83. The van der Waals surface area contributed by atoms with Gasteiger partial charge in [0.2, 0.25) is 0 Å². The fourth-order valence-electron chi connectivity index (χ4n) is 2.60. The minimum atomic E-state index is -0.185. The van der Waals surface area contributed by atoms with Crippen LogP contribution in [0.5, 0.6) is 0 Å². The van der Waals surface area contributed by atoms with Gasteiger partial charge in [-0.1, -0.05) is 35.9 Å². The summed E-state index contributed by atoms with van der Waals surface area (Å²) in [6, 6.07) is 20.7. The quantitative estimate of drug-likeness (QED) is 0.386. The number of benzene rings is 3. The number of aromatic nitrogens is 1. The van der Waals surface area contributed by atoms with E-state index < -0.39 is 0 Å². The number of hydrogen-bond donors (Lipinski definition) is 1. The molecule has 0 aliphatic rings. The smallest absolute Gasteiger partial charge is 0.256 e. The van der Waals surface area contributed by atoms with Crippen molar-refractivity contribution >= 4 is 60.7 Å². The van der Waals surface area contributed by atoms with Gasteiger partial charge in [-0.3, -0.25) is 4.79 Å². The van der Waals surface area contributed by atoms with Crippen LogP contribution < -0.4 is 5.32 Å². The summed E-state index contributed by atoms with van der Waals surface area (Å²) in [5.41, 5.74) is 2.98. The molecule has 0 aliphatic heterocycles. The Hall–Kier alpha value is -2.21. The fourth-order valence-corrected chi connectivity index (χ4v) is 4.32. The Kier molecular flexibility index (Phi) is 4.76. The lowest BCUT2D eigenvalue weighted by atomic mass is 10.1. The number of halogens is 2. The molecule has 0 bridgehead atoms. The number of hydrogen-bond acceptors (Lipinski definition) is 3. The number of para-hydroxylation sites is 1. The maximum atomic E-state index is 12.5. The molecule has 0 atom stereocenters. The highest BCUT2D eigenvalue weighted by atomic mass is 79.9. The van der Waals surface area contributed by atoms with Gasteiger partial charge < -0.3 is 5.32 Å². The van der Waals surface area contributed by atoms with E-state index in [0.717, 1.165) is 25.3 Å². The van der Waals surface area contributed by atoms with Crippen LogP contribution in [0.3, 0.4) is 0 Å². The zero-order valence-corrected chi connectivity index (χ0v) is 16.5. The van der Waals surface area contributed by atoms with Crippen LogP contribution >= 0.6 is 38.9 Å². The molecule has 0 spiro atoms. The molecule has 0 aliphatic carbocycles. The maximum absolute atomic E-state index is 12.5. The van der Waals surface area contributed by atoms with E-state index in [-0.39, 0.29) is 5.91 Å². The van der Waals surface area contributed by atoms with Gasteiger partial charge in [-0.2, -0.15) is 0 Å². The van der Waals surface area contributed by atoms with Crippen molar-refractivity contribution in [2.75, 3.05) is 5.32 Å². The van der Waals surface area contributed by atoms with Crippen molar-refractivity contribution in [3.05, 3.63) is 81.8 Å². The Labute approximate surface area is 167 Å². The van der Waals surface area contributed by atoms with Gasteiger partial charge >= 0.3 is 0 Å². The highest BCUT2D eigenvalue weighted by molar-refractivity contribution is 9.10. The third-order valence-electron chi connectivity index (χ3n) is 3.87. The topological polar surface area (TPSA) is 42.0 Å². The largest absolute Gasteiger partial charge is 0.322 e. The lowest BCUT2D eigenvalue weighted by Crippen LogP contribution is -2.12. The maximum Gasteiger partial charge on any atom is 0.256 e. The van der Waals surface area contributed by atoms with Crippen LogP contribution in [-0.2, 0) is 0 Å². The summed E-state index contributed by atoms with van der Waals surface area (Å²) in [4.78, 5) is 17.2. The molecule has 128 valence electrons. The van der Waals surface area contributed by atoms with Crippen LogP contribution in [0.15, 0.2) is 71.2 Å². The molecule has 3 aromatic carbocycles. The Morgan fingerprint density at radius 1 is 1.04 bits per heavy atom. The highest BCUT2D eigenvalue weighted by Gasteiger charge is 2.13. The molecule has 6 heteroatoms. The van der Waals surface area contributed by atoms with Gasteiger partial charge in [0.15, 0.2) is 0 Å². The minimum Gasteiger partial charge on any atom is -0.322 e. The lowest BCUT2D eigenvalue weighted by Gasteiger charge is -2.09. The van der Waals surface area contributed by atoms with E-state index in [4.69, 9.17) is 11.6 Å². The fraction of sp³-hybridized carbons (Fsp3) is 0. The van der Waals surface area contributed by atoms with Gasteiger partial charge in [0.05, 0.1) is 20.8 Å². The van der Waals surface area contributed by atoms with Crippen LogP contribution in [-0.4, -0.2) is 10.9 Å². The molecule has 1 N–H and O–H groups in total. The molecule has 3 nitrogen and oxygen atoms in total. The molecule has 0 saturated heterocycles. The number of nitrogens with zero attached hydrogens (tertiary/aromatic N) is 1. The van der Waals surface area contributed by atoms with Crippen LogP contribution in [0.1, 0.15) is 10.4 Å². The van der Waals surface area contributed by atoms with Crippen molar-refractivity contribution < 1.29 is 4.79 Å². The van der Waals surface area contributed by atoms with Gasteiger partial charge in [0.1, 0.15) is 5.01 Å². The molecule has 1 aromatic heterocycles. The van der Waals surface area contributed by atoms with E-state index in [0.29, 0.717) is 16.3 Å². The summed E-state index contributed by atoms with van der Waals surface area (Å²) in [5, 5.41) is 4.35. The average Bonchev–Trinajstić information content (AvgIpc) is 3.07. The van der Waals surface area contributed by atoms with E-state index in [9.17, 15) is 4.79 Å². The Morgan fingerprint density at radius 3 is 2.62 bits per heavy atom. The minimum absolute atomic E-state index is 0.185. The van der Waals surface area contributed by atoms with Crippen molar-refractivity contribution in [1.82, 2.24) is 4.98 Å². The summed E-state index contributed by atoms with van der Waals surface area (Å²) in [7, 11) is 0. The number of fused-ring (bicyclic) bond motifs is 1. The molecular formula is C20H12BrClN2OS. The monoisotopic (exact) mass is 442 g/mol. The highest BCUT2D eigenvalue weighted by Crippen LogP contribution is 2.36. The summed E-state index contributed by atoms with van der Waals surface area (Å²) < 4.78 is 1.85. The summed E-state index contributed by atoms with van der Waals surface area (Å²) in [6.45, 7) is 0. The Morgan fingerprint density at radius 2 is 1.81 bits per heavy atom. The SMILES string of the molecule is O=C(Nc1ccc(Cl)c(-c2nc3ccccc3s2)c1)c1ccccc1Br. The molecule has 1 heterocycles. The molecule has 4 rings (SSSR count). The first-order chi connectivity index (χ1) is 12.6. The molecule has 0 saturated carbocycles. The van der Waals surface area contributed by atoms with E-state index in [2.05, 4.69) is 26.2 Å². The predicted molar refractivity (Wildman–Crippen MR) is 112 cm³/mol. The number of rotatable bonds is 3. The molecule has 1 amide bonds. The number of thiazole rings is 1. The summed E-state index contributed by atoms with van der Waals surface area (Å²) >= 11 is 11.4. The number of carbonyl (C=O) groups is 1. The van der Waals surface area contributed by atoms with Crippen molar-refractivity contribution in [1.29, 1.82) is 0 Å². The standard InChI is InChI=1S/C20H12BrClN2OS/c21-15-6-2-1-5-13(15)19(25)23-12-9-10-16(22)14(11-12)20-24-17-7-3-4-8-18(17)26-20/h1-11H,(H,23,25). The van der Waals surface area contributed by atoms with Crippen LogP contribution in [0, 0.1) is 0 Å². The van der Waals surface area contributed by atoms with Crippen molar-refractivity contribution in [3.63, 3.8) is 0 Å². The molecule has 26 heavy (non-hydrogen) atoms. The van der Waals surface area contributed by atoms with Crippen LogP contribution in [0.4, 0.5) is 5.69 Å². The number of nitrogens with one attached hydrogen (secondary N) is 1. The molecule has 0 fully saturated rings. The lowest BCUT2D eigenvalue weighted by molar-refractivity contribution is 0.102. The third kappa shape index (κ3) is 3.38. The van der Waals surface area contributed by atoms with E-state index in [1.165, 1.54) is 0 Å². The van der Waals surface area contributed by atoms with Gasteiger partial charge in [0, 0.05) is 15.7 Å². The normalized spacial score (nSPS) is 10.8. The number of carbonyl (C=O) groups excluding carboxylic acids is 1. The zero-order chi connectivity index (χ0) is 18.1. The molecule has 0 radical (unpaired) electrons. The summed E-state index contributed by atoms with van der Waals surface area (Å²) in [5.74, 6) is -0.185. The first-order valence-corrected chi connectivity index (χ1v) is 9.82. The third-order valence-corrected chi connectivity index (χ3v) is 5.96. The average molecular weight is 444 g/mol. The second-order valence-corrected chi connectivity index (χ2v) is 7.91. The zero-order valence-electron chi connectivity index (χ0n) is 13.4. The molecule has 0 unspecified atom stereocenters. The van der Waals surface area contributed by atoms with E-state index in [1.54, 1.807) is 29.5 Å². The Balaban J connectivity index is 1.68. The van der Waals surface area contributed by atoms with Gasteiger partial charge in [-0.25, -0.2) is 4.98 Å². The van der Waals surface area contributed by atoms with Gasteiger partial charge in [-0.15, -0.1) is 11.3 Å².